The van der Waals surface area contributed by atoms with Crippen LogP contribution in [0, 0.1) is 0 Å². The molecule has 21 heavy (non-hydrogen) atoms. The molecule has 1 heteroatoms. The summed E-state index contributed by atoms with van der Waals surface area (Å²) in [7, 11) is 0. The monoisotopic (exact) mass is 334 g/mol. The molecule has 0 N–H and O–H groups in total. The van der Waals surface area contributed by atoms with Gasteiger partial charge in [0, 0.05) is 4.47 Å². The maximum Gasteiger partial charge on any atom is 0.0253 e. The second kappa shape index (κ2) is 6.55. The van der Waals surface area contributed by atoms with Gasteiger partial charge in [-0.25, -0.2) is 0 Å². The minimum absolute atomic E-state index is 1.11. The van der Waals surface area contributed by atoms with Crippen molar-refractivity contribution < 1.29 is 0 Å². The van der Waals surface area contributed by atoms with Crippen molar-refractivity contribution in [2.24, 2.45) is 0 Å². The van der Waals surface area contributed by atoms with Crippen molar-refractivity contribution in [3.63, 3.8) is 0 Å². The predicted octanol–water partition coefficient (Wildman–Crippen LogP) is 6.04. The minimum Gasteiger partial charge on any atom is -0.0622 e. The van der Waals surface area contributed by atoms with E-state index in [1.807, 2.05) is 18.2 Å². The van der Waals surface area contributed by atoms with Crippen molar-refractivity contribution in [1.82, 2.24) is 0 Å². The second-order valence-electron chi connectivity index (χ2n) is 4.81. The Morgan fingerprint density at radius 2 is 1.24 bits per heavy atom. The molecular formula is C20H15Br. The molecule has 0 radical (unpaired) electrons. The molecule has 3 rings (SSSR count). The SMILES string of the molecule is Brc1ccccc1/C(=C/c1ccccc1)c1ccccc1. The third-order valence-corrected chi connectivity index (χ3v) is 4.05. The van der Waals surface area contributed by atoms with Crippen LogP contribution in [0.2, 0.25) is 0 Å². The van der Waals surface area contributed by atoms with Gasteiger partial charge in [0.25, 0.3) is 0 Å². The van der Waals surface area contributed by atoms with Crippen LogP contribution in [0.1, 0.15) is 16.7 Å². The highest BCUT2D eigenvalue weighted by atomic mass is 79.9. The Bertz CT molecular complexity index is 743. The Morgan fingerprint density at radius 3 is 1.90 bits per heavy atom. The topological polar surface area (TPSA) is 0 Å². The first kappa shape index (κ1) is 13.8. The molecule has 3 aromatic carbocycles. The van der Waals surface area contributed by atoms with Crippen LogP contribution in [-0.4, -0.2) is 0 Å². The van der Waals surface area contributed by atoms with Crippen LogP contribution < -0.4 is 0 Å². The summed E-state index contributed by atoms with van der Waals surface area (Å²) in [5.41, 5.74) is 4.84. The highest BCUT2D eigenvalue weighted by molar-refractivity contribution is 9.10. The summed E-state index contributed by atoms with van der Waals surface area (Å²) in [5.74, 6) is 0. The van der Waals surface area contributed by atoms with Gasteiger partial charge in [-0.1, -0.05) is 94.8 Å². The molecule has 0 nitrogen and oxygen atoms in total. The van der Waals surface area contributed by atoms with E-state index in [1.54, 1.807) is 0 Å². The molecule has 0 spiro atoms. The van der Waals surface area contributed by atoms with E-state index in [0.717, 1.165) is 4.47 Å². The van der Waals surface area contributed by atoms with Gasteiger partial charge in [-0.2, -0.15) is 0 Å². The van der Waals surface area contributed by atoms with Crippen LogP contribution >= 0.6 is 15.9 Å². The van der Waals surface area contributed by atoms with Crippen LogP contribution in [0.5, 0.6) is 0 Å². The summed E-state index contributed by atoms with van der Waals surface area (Å²) in [4.78, 5) is 0. The van der Waals surface area contributed by atoms with E-state index < -0.39 is 0 Å². The molecule has 0 unspecified atom stereocenters. The summed E-state index contributed by atoms with van der Waals surface area (Å²) < 4.78 is 1.11. The van der Waals surface area contributed by atoms with E-state index in [9.17, 15) is 0 Å². The van der Waals surface area contributed by atoms with Crippen LogP contribution in [-0.2, 0) is 0 Å². The number of hydrogen-bond donors (Lipinski definition) is 0. The lowest BCUT2D eigenvalue weighted by Crippen LogP contribution is -1.89. The predicted molar refractivity (Wildman–Crippen MR) is 94.0 cm³/mol. The van der Waals surface area contributed by atoms with E-state index in [4.69, 9.17) is 0 Å². The molecular weight excluding hydrogens is 320 g/mol. The highest BCUT2D eigenvalue weighted by Crippen LogP contribution is 2.31. The summed E-state index contributed by atoms with van der Waals surface area (Å²) in [6.07, 6.45) is 2.23. The van der Waals surface area contributed by atoms with Gasteiger partial charge in [0.05, 0.1) is 0 Å². The average Bonchev–Trinajstić information content (AvgIpc) is 2.55. The van der Waals surface area contributed by atoms with Crippen molar-refractivity contribution in [1.29, 1.82) is 0 Å². The summed E-state index contributed by atoms with van der Waals surface area (Å²) in [6, 6.07) is 29.2. The van der Waals surface area contributed by atoms with E-state index in [-0.39, 0.29) is 0 Å². The molecule has 0 aliphatic heterocycles. The van der Waals surface area contributed by atoms with Crippen molar-refractivity contribution in [3.05, 3.63) is 106 Å². The number of halogens is 1. The van der Waals surface area contributed by atoms with Crippen LogP contribution in [0.25, 0.3) is 11.6 Å². The zero-order valence-electron chi connectivity index (χ0n) is 11.5. The summed E-state index contributed by atoms with van der Waals surface area (Å²) in [6.45, 7) is 0. The lowest BCUT2D eigenvalue weighted by Gasteiger charge is -2.11. The fraction of sp³-hybridized carbons (Fsp3) is 0. The Balaban J connectivity index is 2.17. The van der Waals surface area contributed by atoms with E-state index in [2.05, 4.69) is 88.7 Å². The lowest BCUT2D eigenvalue weighted by molar-refractivity contribution is 1.52. The van der Waals surface area contributed by atoms with Gasteiger partial charge < -0.3 is 0 Å². The maximum absolute atomic E-state index is 3.67. The fourth-order valence-corrected chi connectivity index (χ4v) is 2.83. The third-order valence-electron chi connectivity index (χ3n) is 3.36. The lowest BCUT2D eigenvalue weighted by atomic mass is 9.96. The molecule has 0 aliphatic carbocycles. The smallest absolute Gasteiger partial charge is 0.0253 e. The molecule has 0 saturated carbocycles. The van der Waals surface area contributed by atoms with Gasteiger partial charge in [-0.05, 0) is 34.4 Å². The minimum atomic E-state index is 1.11. The Morgan fingerprint density at radius 1 is 0.667 bits per heavy atom. The van der Waals surface area contributed by atoms with Crippen molar-refractivity contribution in [2.45, 2.75) is 0 Å². The summed E-state index contributed by atoms with van der Waals surface area (Å²) >= 11 is 3.67. The van der Waals surface area contributed by atoms with Gasteiger partial charge >= 0.3 is 0 Å². The first-order valence-corrected chi connectivity index (χ1v) is 7.71. The molecule has 102 valence electrons. The molecule has 0 amide bonds. The molecule has 0 bridgehead atoms. The normalized spacial score (nSPS) is 11.4. The van der Waals surface area contributed by atoms with E-state index >= 15 is 0 Å². The summed E-state index contributed by atoms with van der Waals surface area (Å²) in [5, 5.41) is 0. The molecule has 0 heterocycles. The Hall–Kier alpha value is -2.12. The third kappa shape index (κ3) is 3.32. The molecule has 0 saturated heterocycles. The Kier molecular flexibility index (Phi) is 4.32. The largest absolute Gasteiger partial charge is 0.0622 e. The Labute approximate surface area is 133 Å². The van der Waals surface area contributed by atoms with Crippen LogP contribution in [0.3, 0.4) is 0 Å². The number of hydrogen-bond acceptors (Lipinski definition) is 0. The van der Waals surface area contributed by atoms with Crippen LogP contribution in [0.4, 0.5) is 0 Å². The van der Waals surface area contributed by atoms with Gasteiger partial charge in [0.2, 0.25) is 0 Å². The second-order valence-corrected chi connectivity index (χ2v) is 5.67. The average molecular weight is 335 g/mol. The van der Waals surface area contributed by atoms with Crippen molar-refractivity contribution >= 4 is 27.6 Å². The number of rotatable bonds is 3. The van der Waals surface area contributed by atoms with Gasteiger partial charge in [-0.15, -0.1) is 0 Å². The molecule has 0 atom stereocenters. The maximum atomic E-state index is 3.67. The quantitative estimate of drug-likeness (QED) is 0.512. The first-order chi connectivity index (χ1) is 10.3. The van der Waals surface area contributed by atoms with Crippen molar-refractivity contribution in [2.75, 3.05) is 0 Å². The molecule has 0 aromatic heterocycles. The molecule has 3 aromatic rings. The fourth-order valence-electron chi connectivity index (χ4n) is 2.33. The first-order valence-electron chi connectivity index (χ1n) is 6.92. The molecule has 0 fully saturated rings. The zero-order valence-corrected chi connectivity index (χ0v) is 13.1. The number of benzene rings is 3. The molecule has 0 aliphatic rings. The van der Waals surface area contributed by atoms with E-state index in [0.29, 0.717) is 0 Å². The van der Waals surface area contributed by atoms with Gasteiger partial charge in [0.1, 0.15) is 0 Å². The van der Waals surface area contributed by atoms with Crippen LogP contribution in [0.15, 0.2) is 89.4 Å². The van der Waals surface area contributed by atoms with E-state index in [1.165, 1.54) is 22.3 Å². The van der Waals surface area contributed by atoms with Gasteiger partial charge in [0.15, 0.2) is 0 Å². The standard InChI is InChI=1S/C20H15Br/c21-20-14-8-7-13-18(20)19(17-11-5-2-6-12-17)15-16-9-3-1-4-10-16/h1-15H/b19-15+. The van der Waals surface area contributed by atoms with Gasteiger partial charge in [-0.3, -0.25) is 0 Å². The zero-order chi connectivity index (χ0) is 14.5. The highest BCUT2D eigenvalue weighted by Gasteiger charge is 2.08. The van der Waals surface area contributed by atoms with Crippen molar-refractivity contribution in [3.8, 4) is 0 Å².